The van der Waals surface area contributed by atoms with Gasteiger partial charge >= 0.3 is 0 Å². The van der Waals surface area contributed by atoms with Gasteiger partial charge in [-0.05, 0) is 100 Å². The second-order valence-corrected chi connectivity index (χ2v) is 9.33. The molecule has 5 heteroatoms. The van der Waals surface area contributed by atoms with Crippen molar-refractivity contribution in [3.63, 3.8) is 0 Å². The Hall–Kier alpha value is -2.79. The van der Waals surface area contributed by atoms with E-state index in [1.54, 1.807) is 6.07 Å². The van der Waals surface area contributed by atoms with Gasteiger partial charge < -0.3 is 20.1 Å². The molecule has 1 spiro atoms. The van der Waals surface area contributed by atoms with Crippen molar-refractivity contribution in [2.45, 2.75) is 51.6 Å². The summed E-state index contributed by atoms with van der Waals surface area (Å²) in [5.74, 6) is 0.604. The van der Waals surface area contributed by atoms with Crippen molar-refractivity contribution in [1.82, 2.24) is 10.2 Å². The zero-order valence-corrected chi connectivity index (χ0v) is 19.6. The first-order valence-electron chi connectivity index (χ1n) is 12.3. The van der Waals surface area contributed by atoms with E-state index in [4.69, 9.17) is 4.74 Å². The van der Waals surface area contributed by atoms with Crippen LogP contribution >= 0.6 is 0 Å². The zero-order chi connectivity index (χ0) is 23.0. The highest BCUT2D eigenvalue weighted by atomic mass is 19.1. The number of allylic oxidation sites excluding steroid dienone is 1. The highest BCUT2D eigenvalue weighted by molar-refractivity contribution is 5.88. The van der Waals surface area contributed by atoms with Crippen LogP contribution < -0.4 is 10.1 Å². The van der Waals surface area contributed by atoms with E-state index in [1.807, 2.05) is 12.1 Å². The maximum Gasteiger partial charge on any atom is 0.129 e. The van der Waals surface area contributed by atoms with Crippen LogP contribution in [0.5, 0.6) is 11.5 Å². The van der Waals surface area contributed by atoms with Crippen molar-refractivity contribution in [1.29, 1.82) is 0 Å². The van der Waals surface area contributed by atoms with Crippen LogP contribution in [0.15, 0.2) is 48.0 Å². The summed E-state index contributed by atoms with van der Waals surface area (Å²) in [5.41, 5.74) is 5.58. The average Bonchev–Trinajstić information content (AvgIpc) is 3.66. The molecule has 1 saturated carbocycles. The van der Waals surface area contributed by atoms with Crippen LogP contribution in [0.4, 0.5) is 4.39 Å². The number of nitrogens with zero attached hydrogens (tertiary/aromatic N) is 1. The van der Waals surface area contributed by atoms with E-state index >= 15 is 0 Å². The van der Waals surface area contributed by atoms with Gasteiger partial charge in [-0.1, -0.05) is 6.07 Å². The van der Waals surface area contributed by atoms with E-state index in [9.17, 15) is 9.50 Å². The van der Waals surface area contributed by atoms with E-state index in [0.717, 1.165) is 75.0 Å². The fourth-order valence-electron chi connectivity index (χ4n) is 5.28. The number of benzene rings is 2. The van der Waals surface area contributed by atoms with Crippen LogP contribution in [-0.4, -0.2) is 41.8 Å². The van der Waals surface area contributed by atoms with Gasteiger partial charge in [0.2, 0.25) is 0 Å². The maximum absolute atomic E-state index is 14.2. The Bertz CT molecular complexity index is 1100. The van der Waals surface area contributed by atoms with Crippen molar-refractivity contribution in [3.05, 3.63) is 70.6 Å². The summed E-state index contributed by atoms with van der Waals surface area (Å²) in [6, 6.07) is 10.7. The highest BCUT2D eigenvalue weighted by Crippen LogP contribution is 2.46. The Morgan fingerprint density at radius 3 is 2.61 bits per heavy atom. The molecule has 2 aliphatic heterocycles. The number of ether oxygens (including phenoxy) is 1. The van der Waals surface area contributed by atoms with Crippen molar-refractivity contribution in [2.75, 3.05) is 26.2 Å². The van der Waals surface area contributed by atoms with Crippen LogP contribution in [0, 0.1) is 5.82 Å². The minimum Gasteiger partial charge on any atom is -0.507 e. The number of hydrogen-bond acceptors (Lipinski definition) is 4. The topological polar surface area (TPSA) is 44.7 Å². The molecular formula is C28H33FN2O2. The molecule has 174 valence electrons. The maximum atomic E-state index is 14.2. The number of fused-ring (bicyclic) bond motifs is 1. The monoisotopic (exact) mass is 448 g/mol. The van der Waals surface area contributed by atoms with E-state index < -0.39 is 5.60 Å². The van der Waals surface area contributed by atoms with Crippen molar-refractivity contribution in [3.8, 4) is 11.5 Å². The molecule has 1 atom stereocenters. The molecule has 2 aromatic carbocycles. The predicted molar refractivity (Wildman–Crippen MR) is 131 cm³/mol. The van der Waals surface area contributed by atoms with Crippen LogP contribution in [-0.2, 0) is 0 Å². The molecule has 0 amide bonds. The van der Waals surface area contributed by atoms with E-state index in [1.165, 1.54) is 23.4 Å². The van der Waals surface area contributed by atoms with Gasteiger partial charge in [0.1, 0.15) is 22.9 Å². The summed E-state index contributed by atoms with van der Waals surface area (Å²) in [6.45, 7) is 8.03. The van der Waals surface area contributed by atoms with Crippen molar-refractivity contribution in [2.24, 2.45) is 0 Å². The quantitative estimate of drug-likeness (QED) is 0.615. The average molecular weight is 449 g/mol. The van der Waals surface area contributed by atoms with Crippen molar-refractivity contribution >= 4 is 11.3 Å². The first-order chi connectivity index (χ1) is 16.0. The molecule has 0 aromatic heterocycles. The molecule has 2 N–H and O–H groups in total. The summed E-state index contributed by atoms with van der Waals surface area (Å²) in [6.07, 6.45) is 7.11. The van der Waals surface area contributed by atoms with Gasteiger partial charge in [0, 0.05) is 41.9 Å². The third-order valence-corrected chi connectivity index (χ3v) is 7.11. The number of nitrogens with one attached hydrogen (secondary N) is 1. The molecule has 1 unspecified atom stereocenters. The summed E-state index contributed by atoms with van der Waals surface area (Å²) in [4.78, 5) is 2.36. The Kier molecular flexibility index (Phi) is 5.92. The van der Waals surface area contributed by atoms with Gasteiger partial charge in [0.25, 0.3) is 0 Å². The third kappa shape index (κ3) is 4.26. The van der Waals surface area contributed by atoms with E-state index in [2.05, 4.69) is 36.2 Å². The molecule has 2 fully saturated rings. The Morgan fingerprint density at radius 2 is 1.88 bits per heavy atom. The number of phenols is 1. The highest BCUT2D eigenvalue weighted by Gasteiger charge is 2.37. The number of rotatable bonds is 5. The van der Waals surface area contributed by atoms with E-state index in [-0.39, 0.29) is 11.6 Å². The SMILES string of the molecule is CCN(CC)C(=C1CC1)c1ccc(C2=CC3(CCCNCC3)Oc3ccc(F)cc32)c(O)c1. The molecule has 5 rings (SSSR count). The Labute approximate surface area is 195 Å². The van der Waals surface area contributed by atoms with Crippen LogP contribution in [0.2, 0.25) is 0 Å². The zero-order valence-electron chi connectivity index (χ0n) is 19.6. The standard InChI is InChI=1S/C28H33FN2O2/c1-3-31(4-2)27(19-6-7-19)20-8-10-22(25(32)16-20)24-18-28(12-5-14-30-15-13-28)33-26-11-9-21(29)17-23(24)26/h8-11,16-18,30,32H,3-7,12-15H2,1-2H3. The Morgan fingerprint density at radius 1 is 1.06 bits per heavy atom. The molecule has 2 heterocycles. The normalized spacial score (nSPS) is 21.7. The van der Waals surface area contributed by atoms with Gasteiger partial charge in [-0.25, -0.2) is 4.39 Å². The number of hydrogen-bond donors (Lipinski definition) is 2. The molecule has 1 aliphatic carbocycles. The molecule has 0 bridgehead atoms. The fourth-order valence-corrected chi connectivity index (χ4v) is 5.28. The summed E-state index contributed by atoms with van der Waals surface area (Å²) in [7, 11) is 0. The van der Waals surface area contributed by atoms with Gasteiger partial charge in [-0.2, -0.15) is 0 Å². The van der Waals surface area contributed by atoms with Crippen LogP contribution in [0.25, 0.3) is 11.3 Å². The molecule has 3 aliphatic rings. The Balaban J connectivity index is 1.60. The second-order valence-electron chi connectivity index (χ2n) is 9.33. The summed E-state index contributed by atoms with van der Waals surface area (Å²) >= 11 is 0. The smallest absolute Gasteiger partial charge is 0.129 e. The van der Waals surface area contributed by atoms with Gasteiger partial charge in [0.05, 0.1) is 0 Å². The first-order valence-corrected chi connectivity index (χ1v) is 12.3. The predicted octanol–water partition coefficient (Wildman–Crippen LogP) is 5.71. The minimum absolute atomic E-state index is 0.226. The lowest BCUT2D eigenvalue weighted by Gasteiger charge is -2.36. The van der Waals surface area contributed by atoms with Gasteiger partial charge in [-0.15, -0.1) is 0 Å². The van der Waals surface area contributed by atoms with Crippen LogP contribution in [0.3, 0.4) is 0 Å². The molecule has 2 aromatic rings. The van der Waals surface area contributed by atoms with Gasteiger partial charge in [-0.3, -0.25) is 0 Å². The van der Waals surface area contributed by atoms with Crippen LogP contribution in [0.1, 0.15) is 62.6 Å². The van der Waals surface area contributed by atoms with Crippen molar-refractivity contribution < 1.29 is 14.2 Å². The lowest BCUT2D eigenvalue weighted by molar-refractivity contribution is 0.103. The minimum atomic E-state index is -0.447. The summed E-state index contributed by atoms with van der Waals surface area (Å²) < 4.78 is 20.7. The van der Waals surface area contributed by atoms with Gasteiger partial charge in [0.15, 0.2) is 0 Å². The fraction of sp³-hybridized carbons (Fsp3) is 0.429. The largest absolute Gasteiger partial charge is 0.507 e. The molecule has 1 saturated heterocycles. The number of aromatic hydroxyl groups is 1. The molecule has 33 heavy (non-hydrogen) atoms. The number of halogens is 1. The molecule has 4 nitrogen and oxygen atoms in total. The third-order valence-electron chi connectivity index (χ3n) is 7.11. The summed E-state index contributed by atoms with van der Waals surface area (Å²) in [5, 5.41) is 14.7. The lowest BCUT2D eigenvalue weighted by atomic mass is 9.84. The van der Waals surface area contributed by atoms with E-state index in [0.29, 0.717) is 11.3 Å². The molecular weight excluding hydrogens is 415 g/mol. The lowest BCUT2D eigenvalue weighted by Crippen LogP contribution is -2.37. The first kappa shape index (κ1) is 22.0. The molecule has 0 radical (unpaired) electrons. The number of phenolic OH excluding ortho intramolecular Hbond substituents is 1. The second kappa shape index (κ2) is 8.86.